The van der Waals surface area contributed by atoms with E-state index >= 15 is 0 Å². The second kappa shape index (κ2) is 11.6. The van der Waals surface area contributed by atoms with Gasteiger partial charge in [0.05, 0.1) is 40.1 Å². The number of hydrogen-bond donors (Lipinski definition) is 0. The molecule has 1 saturated heterocycles. The zero-order valence-corrected chi connectivity index (χ0v) is 20.2. The molecule has 184 valence electrons. The first-order valence-electron chi connectivity index (χ1n) is 11.4. The highest BCUT2D eigenvalue weighted by molar-refractivity contribution is 5.97. The first kappa shape index (κ1) is 24.3. The molecule has 4 rings (SSSR count). The Bertz CT molecular complexity index is 1130. The van der Waals surface area contributed by atoms with Crippen molar-refractivity contribution in [3.05, 3.63) is 77.6 Å². The Kier molecular flexibility index (Phi) is 8.05. The van der Waals surface area contributed by atoms with Crippen LogP contribution < -0.4 is 18.9 Å². The molecule has 1 atom stereocenters. The average molecular weight is 479 g/mol. The van der Waals surface area contributed by atoms with Crippen molar-refractivity contribution in [2.45, 2.75) is 25.6 Å². The topological polar surface area (TPSA) is 79.4 Å². The first-order chi connectivity index (χ1) is 17.1. The van der Waals surface area contributed by atoms with Crippen LogP contribution in [0.3, 0.4) is 0 Å². The number of benzene rings is 2. The lowest BCUT2D eigenvalue weighted by Gasteiger charge is -2.25. The summed E-state index contributed by atoms with van der Waals surface area (Å²) in [7, 11) is 4.72. The maximum atomic E-state index is 13.8. The standard InChI is InChI=1S/C27H30N2O6/c1-31-21-7-9-24(32-2)23(14-21)27(30)29(17-20-5-4-11-28-15-20)16-19-6-8-25(26(13-19)33-3)35-22-10-12-34-18-22/h4-9,11,13-15,22H,10,12,16-18H2,1-3H3/t22-/m0/s1. The number of hydrogen-bond acceptors (Lipinski definition) is 7. The second-order valence-corrected chi connectivity index (χ2v) is 8.18. The third-order valence-corrected chi connectivity index (χ3v) is 5.80. The van der Waals surface area contributed by atoms with Crippen molar-refractivity contribution in [2.75, 3.05) is 34.5 Å². The Morgan fingerprint density at radius 3 is 2.46 bits per heavy atom. The van der Waals surface area contributed by atoms with Crippen LogP contribution in [0.5, 0.6) is 23.0 Å². The van der Waals surface area contributed by atoms with E-state index in [-0.39, 0.29) is 12.0 Å². The Labute approximate surface area is 205 Å². The average Bonchev–Trinajstić information content (AvgIpc) is 3.42. The van der Waals surface area contributed by atoms with Crippen molar-refractivity contribution in [1.29, 1.82) is 0 Å². The molecule has 1 aromatic heterocycles. The summed E-state index contributed by atoms with van der Waals surface area (Å²) in [5.41, 5.74) is 2.23. The van der Waals surface area contributed by atoms with E-state index in [1.165, 1.54) is 0 Å². The van der Waals surface area contributed by atoms with Crippen LogP contribution in [-0.2, 0) is 17.8 Å². The van der Waals surface area contributed by atoms with Crippen LogP contribution in [-0.4, -0.2) is 56.4 Å². The number of methoxy groups -OCH3 is 3. The van der Waals surface area contributed by atoms with E-state index in [9.17, 15) is 4.79 Å². The Balaban J connectivity index is 1.62. The van der Waals surface area contributed by atoms with E-state index in [0.717, 1.165) is 17.5 Å². The fourth-order valence-corrected chi connectivity index (χ4v) is 3.98. The molecule has 1 fully saturated rings. The van der Waals surface area contributed by atoms with E-state index < -0.39 is 0 Å². The summed E-state index contributed by atoms with van der Waals surface area (Å²) in [5.74, 6) is 2.14. The lowest BCUT2D eigenvalue weighted by atomic mass is 10.1. The van der Waals surface area contributed by atoms with Crippen LogP contribution in [0.1, 0.15) is 27.9 Å². The largest absolute Gasteiger partial charge is 0.497 e. The van der Waals surface area contributed by atoms with Gasteiger partial charge in [0.25, 0.3) is 5.91 Å². The molecule has 0 aliphatic carbocycles. The number of carbonyl (C=O) groups is 1. The molecule has 0 radical (unpaired) electrons. The fraction of sp³-hybridized carbons (Fsp3) is 0.333. The van der Waals surface area contributed by atoms with Crippen LogP contribution in [0.2, 0.25) is 0 Å². The highest BCUT2D eigenvalue weighted by Gasteiger charge is 2.23. The zero-order valence-electron chi connectivity index (χ0n) is 20.2. The molecule has 1 aliphatic heterocycles. The third kappa shape index (κ3) is 6.02. The summed E-state index contributed by atoms with van der Waals surface area (Å²) in [6, 6.07) is 14.7. The molecule has 0 bridgehead atoms. The summed E-state index contributed by atoms with van der Waals surface area (Å²) >= 11 is 0. The molecular weight excluding hydrogens is 448 g/mol. The zero-order chi connectivity index (χ0) is 24.6. The lowest BCUT2D eigenvalue weighted by Crippen LogP contribution is -2.30. The van der Waals surface area contributed by atoms with Gasteiger partial charge >= 0.3 is 0 Å². The summed E-state index contributed by atoms with van der Waals surface area (Å²) in [4.78, 5) is 19.7. The van der Waals surface area contributed by atoms with Crippen molar-refractivity contribution >= 4 is 5.91 Å². The predicted octanol–water partition coefficient (Wildman–Crippen LogP) is 4.12. The highest BCUT2D eigenvalue weighted by Crippen LogP contribution is 2.32. The summed E-state index contributed by atoms with van der Waals surface area (Å²) in [5, 5.41) is 0. The van der Waals surface area contributed by atoms with Crippen LogP contribution in [0.4, 0.5) is 0 Å². The second-order valence-electron chi connectivity index (χ2n) is 8.18. The number of ether oxygens (including phenoxy) is 5. The minimum Gasteiger partial charge on any atom is -0.497 e. The monoisotopic (exact) mass is 478 g/mol. The molecule has 1 amide bonds. The van der Waals surface area contributed by atoms with Gasteiger partial charge in [-0.3, -0.25) is 9.78 Å². The SMILES string of the molecule is COc1ccc(OC)c(C(=O)N(Cc2cccnc2)Cc2ccc(O[C@H]3CCOC3)c(OC)c2)c1. The summed E-state index contributed by atoms with van der Waals surface area (Å²) in [6.45, 7) is 1.98. The van der Waals surface area contributed by atoms with E-state index in [2.05, 4.69) is 4.98 Å². The van der Waals surface area contributed by atoms with Gasteiger partial charge < -0.3 is 28.6 Å². The molecule has 8 nitrogen and oxygen atoms in total. The van der Waals surface area contributed by atoms with Gasteiger partial charge in [0.15, 0.2) is 11.5 Å². The van der Waals surface area contributed by atoms with Crippen molar-refractivity contribution in [3.8, 4) is 23.0 Å². The molecule has 8 heteroatoms. The van der Waals surface area contributed by atoms with Gasteiger partial charge in [-0.1, -0.05) is 12.1 Å². The minimum absolute atomic E-state index is 0.0129. The molecule has 0 spiro atoms. The first-order valence-corrected chi connectivity index (χ1v) is 11.4. The van der Waals surface area contributed by atoms with Gasteiger partial charge in [-0.25, -0.2) is 0 Å². The molecular formula is C27H30N2O6. The molecule has 1 aliphatic rings. The van der Waals surface area contributed by atoms with E-state index in [1.54, 1.807) is 56.8 Å². The van der Waals surface area contributed by atoms with Gasteiger partial charge in [0.2, 0.25) is 0 Å². The van der Waals surface area contributed by atoms with E-state index in [1.807, 2.05) is 30.3 Å². The number of nitrogens with zero attached hydrogens (tertiary/aromatic N) is 2. The van der Waals surface area contributed by atoms with Crippen molar-refractivity contribution < 1.29 is 28.5 Å². The highest BCUT2D eigenvalue weighted by atomic mass is 16.6. The lowest BCUT2D eigenvalue weighted by molar-refractivity contribution is 0.0726. The molecule has 2 heterocycles. The number of aromatic nitrogens is 1. The van der Waals surface area contributed by atoms with Crippen molar-refractivity contribution in [2.24, 2.45) is 0 Å². The molecule has 0 unspecified atom stereocenters. The smallest absolute Gasteiger partial charge is 0.258 e. The normalized spacial score (nSPS) is 14.9. The number of pyridine rings is 1. The Morgan fingerprint density at radius 2 is 1.77 bits per heavy atom. The van der Waals surface area contributed by atoms with E-state index in [0.29, 0.717) is 54.9 Å². The molecule has 0 saturated carbocycles. The fourth-order valence-electron chi connectivity index (χ4n) is 3.98. The van der Waals surface area contributed by atoms with Gasteiger partial charge in [-0.2, -0.15) is 0 Å². The number of amides is 1. The summed E-state index contributed by atoms with van der Waals surface area (Å²) < 4.78 is 27.9. The number of rotatable bonds is 10. The minimum atomic E-state index is -0.188. The quantitative estimate of drug-likeness (QED) is 0.434. The Morgan fingerprint density at radius 1 is 0.971 bits per heavy atom. The maximum Gasteiger partial charge on any atom is 0.258 e. The van der Waals surface area contributed by atoms with Gasteiger partial charge in [-0.05, 0) is 47.5 Å². The Hall–Kier alpha value is -3.78. The van der Waals surface area contributed by atoms with Gasteiger partial charge in [0.1, 0.15) is 17.6 Å². The van der Waals surface area contributed by atoms with Gasteiger partial charge in [-0.15, -0.1) is 0 Å². The van der Waals surface area contributed by atoms with Crippen molar-refractivity contribution in [3.63, 3.8) is 0 Å². The number of carbonyl (C=O) groups excluding carboxylic acids is 1. The van der Waals surface area contributed by atoms with Crippen LogP contribution in [0, 0.1) is 0 Å². The predicted molar refractivity (Wildman–Crippen MR) is 130 cm³/mol. The molecule has 2 aromatic carbocycles. The van der Waals surface area contributed by atoms with Crippen LogP contribution in [0.15, 0.2) is 60.9 Å². The van der Waals surface area contributed by atoms with Crippen LogP contribution >= 0.6 is 0 Å². The van der Waals surface area contributed by atoms with Crippen molar-refractivity contribution in [1.82, 2.24) is 9.88 Å². The third-order valence-electron chi connectivity index (χ3n) is 5.80. The molecule has 0 N–H and O–H groups in total. The molecule has 3 aromatic rings. The maximum absolute atomic E-state index is 13.8. The van der Waals surface area contributed by atoms with Gasteiger partial charge in [0, 0.05) is 31.9 Å². The van der Waals surface area contributed by atoms with Crippen LogP contribution in [0.25, 0.3) is 0 Å². The molecule has 35 heavy (non-hydrogen) atoms. The van der Waals surface area contributed by atoms with E-state index in [4.69, 9.17) is 23.7 Å². The summed E-state index contributed by atoms with van der Waals surface area (Å²) in [6.07, 6.45) is 4.32.